The number of halogens is 1. The van der Waals surface area contributed by atoms with Crippen LogP contribution in [0.3, 0.4) is 0 Å². The summed E-state index contributed by atoms with van der Waals surface area (Å²) in [6.07, 6.45) is 3.69. The van der Waals surface area contributed by atoms with Crippen molar-refractivity contribution in [2.45, 2.75) is 13.5 Å². The summed E-state index contributed by atoms with van der Waals surface area (Å²) < 4.78 is 2.10. The van der Waals surface area contributed by atoms with Crippen molar-refractivity contribution >= 4 is 17.3 Å². The van der Waals surface area contributed by atoms with Gasteiger partial charge < -0.3 is 10.3 Å². The lowest BCUT2D eigenvalue weighted by Crippen LogP contribution is -2.00. The summed E-state index contributed by atoms with van der Waals surface area (Å²) >= 11 is 6.22. The Labute approximate surface area is 129 Å². The Morgan fingerprint density at radius 1 is 1.14 bits per heavy atom. The van der Waals surface area contributed by atoms with Crippen molar-refractivity contribution in [3.05, 3.63) is 71.1 Å². The van der Waals surface area contributed by atoms with Crippen LogP contribution in [-0.4, -0.2) is 9.55 Å². The first-order valence-electron chi connectivity index (χ1n) is 6.74. The quantitative estimate of drug-likeness (QED) is 0.738. The maximum atomic E-state index is 6.22. The van der Waals surface area contributed by atoms with Gasteiger partial charge in [0.1, 0.15) is 0 Å². The first-order chi connectivity index (χ1) is 10.1. The molecule has 0 aliphatic heterocycles. The fourth-order valence-electron chi connectivity index (χ4n) is 2.26. The number of nitrogens with two attached hydrogens (primary N) is 1. The predicted octanol–water partition coefficient (Wildman–Crippen LogP) is 4.14. The van der Waals surface area contributed by atoms with Gasteiger partial charge in [-0.1, -0.05) is 35.9 Å². The number of anilines is 1. The molecule has 0 saturated heterocycles. The maximum absolute atomic E-state index is 6.22. The number of nitrogen functional groups attached to an aromatic ring is 1. The molecule has 21 heavy (non-hydrogen) atoms. The highest BCUT2D eigenvalue weighted by Gasteiger charge is 2.07. The number of rotatable bonds is 3. The molecule has 4 heteroatoms. The third-order valence-corrected chi connectivity index (χ3v) is 3.92. The summed E-state index contributed by atoms with van der Waals surface area (Å²) in [6.45, 7) is 2.75. The molecule has 1 heterocycles. The van der Waals surface area contributed by atoms with Crippen molar-refractivity contribution in [2.75, 3.05) is 5.73 Å². The molecule has 3 aromatic rings. The second-order valence-electron chi connectivity index (χ2n) is 5.11. The molecular formula is C17H16ClN3. The van der Waals surface area contributed by atoms with E-state index in [4.69, 9.17) is 17.3 Å². The standard InChI is InChI=1S/C17H16ClN3/c1-12-2-5-14(8-16(12)18)17-9-20-11-21(17)10-13-3-6-15(19)7-4-13/h2-9,11H,10,19H2,1H3. The Morgan fingerprint density at radius 2 is 1.90 bits per heavy atom. The summed E-state index contributed by atoms with van der Waals surface area (Å²) in [5.74, 6) is 0. The highest BCUT2D eigenvalue weighted by molar-refractivity contribution is 6.31. The van der Waals surface area contributed by atoms with E-state index in [1.54, 1.807) is 0 Å². The Balaban J connectivity index is 1.93. The van der Waals surface area contributed by atoms with Gasteiger partial charge in [-0.05, 0) is 36.2 Å². The van der Waals surface area contributed by atoms with Crippen molar-refractivity contribution in [3.8, 4) is 11.3 Å². The molecule has 3 nitrogen and oxygen atoms in total. The van der Waals surface area contributed by atoms with E-state index in [0.717, 1.165) is 34.1 Å². The molecule has 0 fully saturated rings. The molecule has 2 aromatic carbocycles. The van der Waals surface area contributed by atoms with Gasteiger partial charge in [0.15, 0.2) is 0 Å². The fraction of sp³-hybridized carbons (Fsp3) is 0.118. The van der Waals surface area contributed by atoms with Crippen molar-refractivity contribution in [3.63, 3.8) is 0 Å². The van der Waals surface area contributed by atoms with Crippen LogP contribution in [0.2, 0.25) is 5.02 Å². The van der Waals surface area contributed by atoms with Crippen LogP contribution in [0.15, 0.2) is 55.0 Å². The topological polar surface area (TPSA) is 43.8 Å². The molecular weight excluding hydrogens is 282 g/mol. The summed E-state index contributed by atoms with van der Waals surface area (Å²) in [4.78, 5) is 4.26. The van der Waals surface area contributed by atoms with Crippen molar-refractivity contribution in [1.29, 1.82) is 0 Å². The smallest absolute Gasteiger partial charge is 0.0954 e. The van der Waals surface area contributed by atoms with Gasteiger partial charge in [-0.3, -0.25) is 0 Å². The Morgan fingerprint density at radius 3 is 2.62 bits per heavy atom. The average Bonchev–Trinajstić information content (AvgIpc) is 2.92. The van der Waals surface area contributed by atoms with E-state index in [1.165, 1.54) is 5.56 Å². The predicted molar refractivity (Wildman–Crippen MR) is 87.4 cm³/mol. The number of nitrogens with zero attached hydrogens (tertiary/aromatic N) is 2. The van der Waals surface area contributed by atoms with Crippen LogP contribution in [-0.2, 0) is 6.54 Å². The molecule has 0 amide bonds. The molecule has 0 aliphatic carbocycles. The lowest BCUT2D eigenvalue weighted by molar-refractivity contribution is 0.805. The van der Waals surface area contributed by atoms with E-state index in [2.05, 4.69) is 15.6 Å². The number of imidazole rings is 1. The highest BCUT2D eigenvalue weighted by atomic mass is 35.5. The van der Waals surface area contributed by atoms with E-state index in [9.17, 15) is 0 Å². The normalized spacial score (nSPS) is 10.8. The lowest BCUT2D eigenvalue weighted by Gasteiger charge is -2.10. The van der Waals surface area contributed by atoms with Crippen LogP contribution in [0.5, 0.6) is 0 Å². The van der Waals surface area contributed by atoms with Gasteiger partial charge in [0, 0.05) is 22.8 Å². The second kappa shape index (κ2) is 5.62. The second-order valence-corrected chi connectivity index (χ2v) is 5.52. The number of benzene rings is 2. The zero-order chi connectivity index (χ0) is 14.8. The van der Waals surface area contributed by atoms with Gasteiger partial charge in [-0.25, -0.2) is 4.98 Å². The summed E-state index contributed by atoms with van der Waals surface area (Å²) in [5.41, 5.74) is 10.9. The van der Waals surface area contributed by atoms with Crippen LogP contribution >= 0.6 is 11.6 Å². The number of hydrogen-bond donors (Lipinski definition) is 1. The van der Waals surface area contributed by atoms with E-state index in [0.29, 0.717) is 0 Å². The van der Waals surface area contributed by atoms with Crippen molar-refractivity contribution in [1.82, 2.24) is 9.55 Å². The first-order valence-corrected chi connectivity index (χ1v) is 7.12. The third-order valence-electron chi connectivity index (χ3n) is 3.51. The van der Waals surface area contributed by atoms with Crippen LogP contribution in [0.1, 0.15) is 11.1 Å². The molecule has 0 unspecified atom stereocenters. The molecule has 0 radical (unpaired) electrons. The molecule has 106 valence electrons. The SMILES string of the molecule is Cc1ccc(-c2cncn2Cc2ccc(N)cc2)cc1Cl. The Hall–Kier alpha value is -2.26. The molecule has 0 spiro atoms. The highest BCUT2D eigenvalue weighted by Crippen LogP contribution is 2.25. The monoisotopic (exact) mass is 297 g/mol. The minimum absolute atomic E-state index is 0.751. The first kappa shape index (κ1) is 13.7. The molecule has 2 N–H and O–H groups in total. The van der Waals surface area contributed by atoms with E-state index < -0.39 is 0 Å². The third kappa shape index (κ3) is 2.93. The van der Waals surface area contributed by atoms with Gasteiger partial charge >= 0.3 is 0 Å². The summed E-state index contributed by atoms with van der Waals surface area (Å²) in [5, 5.41) is 0.771. The van der Waals surface area contributed by atoms with Crippen LogP contribution in [0, 0.1) is 6.92 Å². The van der Waals surface area contributed by atoms with Crippen molar-refractivity contribution in [2.24, 2.45) is 0 Å². The molecule has 0 saturated carbocycles. The number of hydrogen-bond acceptors (Lipinski definition) is 2. The van der Waals surface area contributed by atoms with E-state index >= 15 is 0 Å². The fourth-order valence-corrected chi connectivity index (χ4v) is 2.44. The van der Waals surface area contributed by atoms with Crippen molar-refractivity contribution < 1.29 is 0 Å². The van der Waals surface area contributed by atoms with Crippen LogP contribution in [0.25, 0.3) is 11.3 Å². The van der Waals surface area contributed by atoms with Gasteiger partial charge in [0.25, 0.3) is 0 Å². The van der Waals surface area contributed by atoms with E-state index in [-0.39, 0.29) is 0 Å². The van der Waals surface area contributed by atoms with E-state index in [1.807, 2.05) is 55.8 Å². The largest absolute Gasteiger partial charge is 0.399 e. The molecule has 3 rings (SSSR count). The van der Waals surface area contributed by atoms with Gasteiger partial charge in [-0.15, -0.1) is 0 Å². The molecule has 1 aromatic heterocycles. The number of aromatic nitrogens is 2. The van der Waals surface area contributed by atoms with Gasteiger partial charge in [0.2, 0.25) is 0 Å². The number of aryl methyl sites for hydroxylation is 1. The zero-order valence-electron chi connectivity index (χ0n) is 11.8. The Kier molecular flexibility index (Phi) is 3.67. The maximum Gasteiger partial charge on any atom is 0.0954 e. The van der Waals surface area contributed by atoms with Crippen LogP contribution < -0.4 is 5.73 Å². The van der Waals surface area contributed by atoms with Gasteiger partial charge in [-0.2, -0.15) is 0 Å². The summed E-state index contributed by atoms with van der Waals surface area (Å²) in [7, 11) is 0. The summed E-state index contributed by atoms with van der Waals surface area (Å²) in [6, 6.07) is 14.0. The average molecular weight is 298 g/mol. The molecule has 0 bridgehead atoms. The minimum Gasteiger partial charge on any atom is -0.399 e. The van der Waals surface area contributed by atoms with Gasteiger partial charge in [0.05, 0.1) is 18.2 Å². The zero-order valence-corrected chi connectivity index (χ0v) is 12.5. The molecule has 0 aliphatic rings. The minimum atomic E-state index is 0.751. The molecule has 0 atom stereocenters. The Bertz CT molecular complexity index is 760. The van der Waals surface area contributed by atoms with Crippen LogP contribution in [0.4, 0.5) is 5.69 Å². The lowest BCUT2D eigenvalue weighted by atomic mass is 10.1.